The second-order valence-corrected chi connectivity index (χ2v) is 4.79. The van der Waals surface area contributed by atoms with Gasteiger partial charge < -0.3 is 25.8 Å². The summed E-state index contributed by atoms with van der Waals surface area (Å²) in [5, 5.41) is 13.1. The highest BCUT2D eigenvalue weighted by Crippen LogP contribution is 2.40. The zero-order valence-electron chi connectivity index (χ0n) is 11.5. The van der Waals surface area contributed by atoms with Gasteiger partial charge in [-0.1, -0.05) is 13.3 Å². The Balaban J connectivity index is 2.22. The first kappa shape index (κ1) is 13.8. The molecule has 0 aliphatic carbocycles. The van der Waals surface area contributed by atoms with E-state index >= 15 is 0 Å². The van der Waals surface area contributed by atoms with Gasteiger partial charge in [-0.2, -0.15) is 0 Å². The summed E-state index contributed by atoms with van der Waals surface area (Å²) in [5.74, 6) is 0.709. The third-order valence-electron chi connectivity index (χ3n) is 3.35. The molecule has 0 amide bonds. The van der Waals surface area contributed by atoms with Crippen molar-refractivity contribution >= 4 is 11.4 Å². The number of ether oxygens (including phenoxy) is 1. The first-order chi connectivity index (χ1) is 9.24. The molecule has 1 aromatic carbocycles. The van der Waals surface area contributed by atoms with Gasteiger partial charge in [-0.25, -0.2) is 0 Å². The maximum atomic E-state index is 9.74. The van der Waals surface area contributed by atoms with Crippen LogP contribution in [0, 0.1) is 0 Å². The zero-order valence-corrected chi connectivity index (χ0v) is 11.5. The van der Waals surface area contributed by atoms with Gasteiger partial charge in [-0.05, 0) is 18.6 Å². The second kappa shape index (κ2) is 6.52. The van der Waals surface area contributed by atoms with Gasteiger partial charge in [0.25, 0.3) is 0 Å². The molecule has 19 heavy (non-hydrogen) atoms. The number of phenolic OH excluding ortho intramolecular Hbond substituents is 1. The van der Waals surface area contributed by atoms with Crippen LogP contribution < -0.4 is 20.7 Å². The molecule has 1 saturated heterocycles. The molecule has 0 atom stereocenters. The van der Waals surface area contributed by atoms with Crippen LogP contribution in [0.15, 0.2) is 12.1 Å². The standard InChI is InChI=1S/C14H23N3O2/c1-2-3-10-19-14-11(4-5-12(18)13(14)15)17-8-6-16-7-9-17/h4-5,16,18H,2-3,6-10,15H2,1H3. The maximum Gasteiger partial charge on any atom is 0.169 e. The van der Waals surface area contributed by atoms with Crippen LogP contribution in [0.4, 0.5) is 11.4 Å². The predicted molar refractivity (Wildman–Crippen MR) is 78.0 cm³/mol. The Kier molecular flexibility index (Phi) is 4.74. The van der Waals surface area contributed by atoms with Crippen molar-refractivity contribution in [3.05, 3.63) is 12.1 Å². The lowest BCUT2D eigenvalue weighted by atomic mass is 10.2. The Hall–Kier alpha value is -1.62. The molecule has 0 spiro atoms. The van der Waals surface area contributed by atoms with Gasteiger partial charge >= 0.3 is 0 Å². The molecule has 106 valence electrons. The van der Waals surface area contributed by atoms with E-state index in [0.29, 0.717) is 18.0 Å². The molecule has 2 rings (SSSR count). The van der Waals surface area contributed by atoms with Crippen LogP contribution in [0.1, 0.15) is 19.8 Å². The van der Waals surface area contributed by atoms with E-state index in [1.54, 1.807) is 6.07 Å². The van der Waals surface area contributed by atoms with E-state index in [1.165, 1.54) is 0 Å². The molecule has 0 saturated carbocycles. The smallest absolute Gasteiger partial charge is 0.169 e. The number of phenols is 1. The third kappa shape index (κ3) is 3.23. The number of hydrogen-bond acceptors (Lipinski definition) is 5. The largest absolute Gasteiger partial charge is 0.506 e. The molecule has 0 unspecified atom stereocenters. The van der Waals surface area contributed by atoms with Crippen molar-refractivity contribution in [3.63, 3.8) is 0 Å². The molecule has 1 aromatic rings. The Morgan fingerprint density at radius 2 is 2.11 bits per heavy atom. The van der Waals surface area contributed by atoms with Crippen LogP contribution in [-0.2, 0) is 0 Å². The fourth-order valence-corrected chi connectivity index (χ4v) is 2.20. The molecule has 1 fully saturated rings. The van der Waals surface area contributed by atoms with Crippen LogP contribution >= 0.6 is 0 Å². The number of nitrogens with two attached hydrogens (primary N) is 1. The zero-order chi connectivity index (χ0) is 13.7. The topological polar surface area (TPSA) is 70.8 Å². The summed E-state index contributed by atoms with van der Waals surface area (Å²) in [7, 11) is 0. The number of nitrogens with zero attached hydrogens (tertiary/aromatic N) is 1. The fraction of sp³-hybridized carbons (Fsp3) is 0.571. The first-order valence-corrected chi connectivity index (χ1v) is 6.94. The molecular formula is C14H23N3O2. The summed E-state index contributed by atoms with van der Waals surface area (Å²) in [6, 6.07) is 3.53. The first-order valence-electron chi connectivity index (χ1n) is 6.94. The average Bonchev–Trinajstić information content (AvgIpc) is 2.45. The lowest BCUT2D eigenvalue weighted by Crippen LogP contribution is -2.43. The van der Waals surface area contributed by atoms with Crippen molar-refractivity contribution in [1.82, 2.24) is 5.32 Å². The van der Waals surface area contributed by atoms with Crippen molar-refractivity contribution in [2.75, 3.05) is 43.4 Å². The third-order valence-corrected chi connectivity index (χ3v) is 3.35. The summed E-state index contributed by atoms with van der Waals surface area (Å²) in [6.07, 6.45) is 2.05. The van der Waals surface area contributed by atoms with Crippen molar-refractivity contribution in [2.45, 2.75) is 19.8 Å². The molecular weight excluding hydrogens is 242 g/mol. The SMILES string of the molecule is CCCCOc1c(N2CCNCC2)ccc(O)c1N. The highest BCUT2D eigenvalue weighted by molar-refractivity contribution is 5.75. The highest BCUT2D eigenvalue weighted by atomic mass is 16.5. The van der Waals surface area contributed by atoms with Gasteiger partial charge in [-0.15, -0.1) is 0 Å². The molecule has 0 bridgehead atoms. The number of hydrogen-bond donors (Lipinski definition) is 3. The van der Waals surface area contributed by atoms with Gasteiger partial charge in [-0.3, -0.25) is 0 Å². The number of aromatic hydroxyl groups is 1. The molecule has 0 radical (unpaired) electrons. The van der Waals surface area contributed by atoms with E-state index < -0.39 is 0 Å². The average molecular weight is 265 g/mol. The highest BCUT2D eigenvalue weighted by Gasteiger charge is 2.19. The van der Waals surface area contributed by atoms with Crippen LogP contribution in [0.5, 0.6) is 11.5 Å². The van der Waals surface area contributed by atoms with Gasteiger partial charge in [0.05, 0.1) is 12.3 Å². The quantitative estimate of drug-likeness (QED) is 0.428. The van der Waals surface area contributed by atoms with Gasteiger partial charge in [0.15, 0.2) is 5.75 Å². The van der Waals surface area contributed by atoms with Crippen LogP contribution in [0.3, 0.4) is 0 Å². The molecule has 1 heterocycles. The number of unbranched alkanes of at least 4 members (excludes halogenated alkanes) is 1. The van der Waals surface area contributed by atoms with Crippen molar-refractivity contribution in [1.29, 1.82) is 0 Å². The number of benzene rings is 1. The Morgan fingerprint density at radius 1 is 1.37 bits per heavy atom. The summed E-state index contributed by atoms with van der Waals surface area (Å²) in [6.45, 7) is 6.50. The summed E-state index contributed by atoms with van der Waals surface area (Å²) in [5.41, 5.74) is 7.27. The van der Waals surface area contributed by atoms with Crippen LogP contribution in [0.2, 0.25) is 0 Å². The molecule has 5 heteroatoms. The molecule has 0 aromatic heterocycles. The number of anilines is 2. The van der Waals surface area contributed by atoms with Crippen molar-refractivity contribution < 1.29 is 9.84 Å². The second-order valence-electron chi connectivity index (χ2n) is 4.79. The predicted octanol–water partition coefficient (Wildman–Crippen LogP) is 1.56. The summed E-state index contributed by atoms with van der Waals surface area (Å²) in [4.78, 5) is 2.24. The Labute approximate surface area is 114 Å². The normalized spacial score (nSPS) is 15.5. The van der Waals surface area contributed by atoms with Gasteiger partial charge in [0.1, 0.15) is 11.4 Å². The molecule has 1 aliphatic rings. The van der Waals surface area contributed by atoms with Crippen LogP contribution in [-0.4, -0.2) is 37.9 Å². The number of piperazine rings is 1. The lowest BCUT2D eigenvalue weighted by molar-refractivity contribution is 0.309. The number of rotatable bonds is 5. The monoisotopic (exact) mass is 265 g/mol. The van der Waals surface area contributed by atoms with Crippen molar-refractivity contribution in [3.8, 4) is 11.5 Å². The Morgan fingerprint density at radius 3 is 2.79 bits per heavy atom. The maximum absolute atomic E-state index is 9.74. The minimum Gasteiger partial charge on any atom is -0.506 e. The van der Waals surface area contributed by atoms with E-state index in [0.717, 1.165) is 44.7 Å². The summed E-state index contributed by atoms with van der Waals surface area (Å²) >= 11 is 0. The van der Waals surface area contributed by atoms with E-state index in [-0.39, 0.29) is 5.75 Å². The number of nitrogen functional groups attached to an aromatic ring is 1. The summed E-state index contributed by atoms with van der Waals surface area (Å²) < 4.78 is 5.80. The minimum atomic E-state index is 0.0883. The van der Waals surface area contributed by atoms with Crippen LogP contribution in [0.25, 0.3) is 0 Å². The van der Waals surface area contributed by atoms with E-state index in [1.807, 2.05) is 6.07 Å². The molecule has 1 aliphatic heterocycles. The lowest BCUT2D eigenvalue weighted by Gasteiger charge is -2.31. The van der Waals surface area contributed by atoms with Crippen molar-refractivity contribution in [2.24, 2.45) is 0 Å². The van der Waals surface area contributed by atoms with E-state index in [9.17, 15) is 5.11 Å². The van der Waals surface area contributed by atoms with Gasteiger partial charge in [0.2, 0.25) is 0 Å². The van der Waals surface area contributed by atoms with E-state index in [4.69, 9.17) is 10.5 Å². The number of nitrogens with one attached hydrogen (secondary N) is 1. The van der Waals surface area contributed by atoms with E-state index in [2.05, 4.69) is 17.1 Å². The Bertz CT molecular complexity index is 417. The minimum absolute atomic E-state index is 0.0883. The van der Waals surface area contributed by atoms with Gasteiger partial charge in [0, 0.05) is 26.2 Å². The molecule has 4 N–H and O–H groups in total. The molecule has 5 nitrogen and oxygen atoms in total. The fourth-order valence-electron chi connectivity index (χ4n) is 2.20.